The van der Waals surface area contributed by atoms with Gasteiger partial charge in [0.1, 0.15) is 0 Å². The molecule has 0 aliphatic carbocycles. The molecular formula is C12H17ClN2OS. The summed E-state index contributed by atoms with van der Waals surface area (Å²) in [6.07, 6.45) is 2.08. The molecule has 0 spiro atoms. The van der Waals surface area contributed by atoms with Crippen molar-refractivity contribution >= 4 is 28.8 Å². The second kappa shape index (κ2) is 5.85. The van der Waals surface area contributed by atoms with E-state index in [1.165, 1.54) is 4.88 Å². The summed E-state index contributed by atoms with van der Waals surface area (Å²) < 4.78 is 0.841. The SMILES string of the molecule is CC(=O)N1CCC(NCc2ccc(Cl)s2)CC1. The van der Waals surface area contributed by atoms with Gasteiger partial charge in [-0.25, -0.2) is 0 Å². The number of carbonyl (C=O) groups is 1. The maximum Gasteiger partial charge on any atom is 0.219 e. The Morgan fingerprint density at radius 1 is 1.53 bits per heavy atom. The number of carbonyl (C=O) groups excluding carboxylic acids is 1. The number of likely N-dealkylation sites (tertiary alicyclic amines) is 1. The molecule has 3 nitrogen and oxygen atoms in total. The minimum absolute atomic E-state index is 0.188. The second-order valence-electron chi connectivity index (χ2n) is 4.37. The molecule has 1 fully saturated rings. The molecule has 0 aromatic carbocycles. The molecule has 1 aromatic rings. The van der Waals surface area contributed by atoms with Gasteiger partial charge in [-0.2, -0.15) is 0 Å². The number of hydrogen-bond donors (Lipinski definition) is 1. The smallest absolute Gasteiger partial charge is 0.219 e. The van der Waals surface area contributed by atoms with Crippen LogP contribution in [0.25, 0.3) is 0 Å². The summed E-state index contributed by atoms with van der Waals surface area (Å²) in [5, 5.41) is 3.52. The lowest BCUT2D eigenvalue weighted by Gasteiger charge is -2.31. The van der Waals surface area contributed by atoms with Crippen LogP contribution in [0.4, 0.5) is 0 Å². The van der Waals surface area contributed by atoms with Gasteiger partial charge in [-0.05, 0) is 25.0 Å². The molecule has 1 aliphatic heterocycles. The molecule has 1 saturated heterocycles. The Morgan fingerprint density at radius 3 is 2.76 bits per heavy atom. The van der Waals surface area contributed by atoms with Crippen molar-refractivity contribution in [2.24, 2.45) is 0 Å². The molecule has 2 rings (SSSR count). The minimum Gasteiger partial charge on any atom is -0.343 e. The fourth-order valence-electron chi connectivity index (χ4n) is 2.09. The van der Waals surface area contributed by atoms with Crippen molar-refractivity contribution in [2.45, 2.75) is 32.4 Å². The van der Waals surface area contributed by atoms with E-state index in [2.05, 4.69) is 11.4 Å². The van der Waals surface area contributed by atoms with Crippen molar-refractivity contribution in [3.8, 4) is 0 Å². The summed E-state index contributed by atoms with van der Waals surface area (Å²) in [6, 6.07) is 4.51. The van der Waals surface area contributed by atoms with E-state index >= 15 is 0 Å². The number of nitrogens with zero attached hydrogens (tertiary/aromatic N) is 1. The number of piperidine rings is 1. The zero-order valence-corrected chi connectivity index (χ0v) is 11.5. The first-order valence-electron chi connectivity index (χ1n) is 5.88. The van der Waals surface area contributed by atoms with E-state index in [0.717, 1.165) is 36.8 Å². The van der Waals surface area contributed by atoms with Crippen molar-refractivity contribution < 1.29 is 4.79 Å². The van der Waals surface area contributed by atoms with E-state index in [1.807, 2.05) is 11.0 Å². The Balaban J connectivity index is 1.73. The first-order valence-corrected chi connectivity index (χ1v) is 7.07. The Morgan fingerprint density at radius 2 is 2.24 bits per heavy atom. The van der Waals surface area contributed by atoms with Gasteiger partial charge in [-0.1, -0.05) is 11.6 Å². The van der Waals surface area contributed by atoms with Crippen molar-refractivity contribution in [3.63, 3.8) is 0 Å². The Hall–Kier alpha value is -0.580. The normalized spacial score (nSPS) is 17.4. The highest BCUT2D eigenvalue weighted by Gasteiger charge is 2.20. The van der Waals surface area contributed by atoms with E-state index in [1.54, 1.807) is 18.3 Å². The van der Waals surface area contributed by atoms with Gasteiger partial charge in [-0.3, -0.25) is 4.79 Å². The summed E-state index contributed by atoms with van der Waals surface area (Å²) in [6.45, 7) is 4.26. The first-order chi connectivity index (χ1) is 8.15. The average molecular weight is 273 g/mol. The Labute approximate surface area is 111 Å². The lowest BCUT2D eigenvalue weighted by atomic mass is 10.1. The maximum atomic E-state index is 11.2. The third-order valence-corrected chi connectivity index (χ3v) is 4.37. The van der Waals surface area contributed by atoms with Crippen LogP contribution in [0.15, 0.2) is 12.1 Å². The van der Waals surface area contributed by atoms with Gasteiger partial charge in [-0.15, -0.1) is 11.3 Å². The zero-order chi connectivity index (χ0) is 12.3. The summed E-state index contributed by atoms with van der Waals surface area (Å²) in [5.74, 6) is 0.188. The number of hydrogen-bond acceptors (Lipinski definition) is 3. The summed E-state index contributed by atoms with van der Waals surface area (Å²) in [7, 11) is 0. The Kier molecular flexibility index (Phi) is 4.42. The monoisotopic (exact) mass is 272 g/mol. The molecule has 5 heteroatoms. The third-order valence-electron chi connectivity index (χ3n) is 3.13. The highest BCUT2D eigenvalue weighted by Crippen LogP contribution is 2.21. The molecule has 0 saturated carbocycles. The van der Waals surface area contributed by atoms with Gasteiger partial charge in [0, 0.05) is 37.5 Å². The van der Waals surface area contributed by atoms with Crippen LogP contribution < -0.4 is 5.32 Å². The molecule has 1 amide bonds. The van der Waals surface area contributed by atoms with Crippen molar-refractivity contribution in [1.82, 2.24) is 10.2 Å². The predicted octanol–water partition coefficient (Wildman–Crippen LogP) is 2.50. The van der Waals surface area contributed by atoms with Crippen LogP contribution in [-0.2, 0) is 11.3 Å². The molecule has 0 atom stereocenters. The van der Waals surface area contributed by atoms with Crippen LogP contribution in [0.1, 0.15) is 24.6 Å². The summed E-state index contributed by atoms with van der Waals surface area (Å²) in [5.41, 5.74) is 0. The standard InChI is InChI=1S/C12H17ClN2OS/c1-9(16)15-6-4-10(5-7-15)14-8-11-2-3-12(13)17-11/h2-3,10,14H,4-8H2,1H3. The lowest BCUT2D eigenvalue weighted by Crippen LogP contribution is -2.43. The van der Waals surface area contributed by atoms with Crippen LogP contribution >= 0.6 is 22.9 Å². The number of rotatable bonds is 3. The third kappa shape index (κ3) is 3.69. The van der Waals surface area contributed by atoms with E-state index in [-0.39, 0.29) is 5.91 Å². The molecular weight excluding hydrogens is 256 g/mol. The van der Waals surface area contributed by atoms with Gasteiger partial charge in [0.05, 0.1) is 4.34 Å². The van der Waals surface area contributed by atoms with Crippen LogP contribution in [0.3, 0.4) is 0 Å². The number of amides is 1. The summed E-state index contributed by atoms with van der Waals surface area (Å²) >= 11 is 7.50. The molecule has 0 bridgehead atoms. The predicted molar refractivity (Wildman–Crippen MR) is 71.4 cm³/mol. The fourth-order valence-corrected chi connectivity index (χ4v) is 3.13. The van der Waals surface area contributed by atoms with Crippen molar-refractivity contribution in [2.75, 3.05) is 13.1 Å². The van der Waals surface area contributed by atoms with Crippen molar-refractivity contribution in [1.29, 1.82) is 0 Å². The lowest BCUT2D eigenvalue weighted by molar-refractivity contribution is -0.129. The zero-order valence-electron chi connectivity index (χ0n) is 9.91. The molecule has 2 heterocycles. The van der Waals surface area contributed by atoms with Gasteiger partial charge in [0.25, 0.3) is 0 Å². The minimum atomic E-state index is 0.188. The van der Waals surface area contributed by atoms with Crippen LogP contribution in [0, 0.1) is 0 Å². The van der Waals surface area contributed by atoms with Gasteiger partial charge < -0.3 is 10.2 Å². The van der Waals surface area contributed by atoms with Crippen LogP contribution in [0.2, 0.25) is 4.34 Å². The highest BCUT2D eigenvalue weighted by molar-refractivity contribution is 7.16. The van der Waals surface area contributed by atoms with Gasteiger partial charge in [0.2, 0.25) is 5.91 Å². The average Bonchev–Trinajstić information content (AvgIpc) is 2.73. The number of nitrogens with one attached hydrogen (secondary N) is 1. The first kappa shape index (κ1) is 12.9. The van der Waals surface area contributed by atoms with Crippen LogP contribution in [0.5, 0.6) is 0 Å². The van der Waals surface area contributed by atoms with Crippen LogP contribution in [-0.4, -0.2) is 29.9 Å². The largest absolute Gasteiger partial charge is 0.343 e. The van der Waals surface area contributed by atoms with E-state index in [9.17, 15) is 4.79 Å². The molecule has 0 radical (unpaired) electrons. The number of thiophene rings is 1. The van der Waals surface area contributed by atoms with E-state index < -0.39 is 0 Å². The second-order valence-corrected chi connectivity index (χ2v) is 6.17. The van der Waals surface area contributed by atoms with Gasteiger partial charge >= 0.3 is 0 Å². The van der Waals surface area contributed by atoms with E-state index in [4.69, 9.17) is 11.6 Å². The summed E-state index contributed by atoms with van der Waals surface area (Å²) in [4.78, 5) is 14.4. The van der Waals surface area contributed by atoms with Crippen molar-refractivity contribution in [3.05, 3.63) is 21.3 Å². The maximum absolute atomic E-state index is 11.2. The quantitative estimate of drug-likeness (QED) is 0.917. The Bertz CT molecular complexity index is 386. The molecule has 1 aliphatic rings. The molecule has 0 unspecified atom stereocenters. The number of halogens is 1. The van der Waals surface area contributed by atoms with Gasteiger partial charge in [0.15, 0.2) is 0 Å². The molecule has 94 valence electrons. The molecule has 17 heavy (non-hydrogen) atoms. The highest BCUT2D eigenvalue weighted by atomic mass is 35.5. The van der Waals surface area contributed by atoms with E-state index in [0.29, 0.717) is 6.04 Å². The molecule has 1 aromatic heterocycles. The fraction of sp³-hybridized carbons (Fsp3) is 0.583. The topological polar surface area (TPSA) is 32.3 Å². The molecule has 1 N–H and O–H groups in total.